The highest BCUT2D eigenvalue weighted by Gasteiger charge is 2.49. The van der Waals surface area contributed by atoms with Gasteiger partial charge in [-0.3, -0.25) is 14.3 Å². The van der Waals surface area contributed by atoms with Crippen LogP contribution < -0.4 is 0 Å². The molecule has 1 N–H and O–H groups in total. The molecular weight excluding hydrogens is 454 g/mol. The normalized spacial score (nSPS) is 23.7. The highest BCUT2D eigenvalue weighted by atomic mass is 16.6. The molecule has 0 unspecified atom stereocenters. The number of benzene rings is 2. The lowest BCUT2D eigenvalue weighted by molar-refractivity contribution is -0.122. The summed E-state index contributed by atoms with van der Waals surface area (Å²) in [5.74, 6) is -0.568. The van der Waals surface area contributed by atoms with Crippen molar-refractivity contribution in [1.29, 1.82) is 0 Å². The number of azo groups is 1. The molecule has 2 fully saturated rings. The molecule has 0 spiro atoms. The molecule has 0 radical (unpaired) electrons. The maximum Gasteiger partial charge on any atom is 0.304 e. The van der Waals surface area contributed by atoms with E-state index in [2.05, 4.69) is 41.1 Å². The van der Waals surface area contributed by atoms with E-state index >= 15 is 0 Å². The maximum absolute atomic E-state index is 12.2. The molecule has 2 aromatic carbocycles. The predicted octanol–water partition coefficient (Wildman–Crippen LogP) is 5.87. The average Bonchev–Trinajstić information content (AvgIpc) is 3.24. The Labute approximate surface area is 211 Å². The summed E-state index contributed by atoms with van der Waals surface area (Å²) in [6.07, 6.45) is 5.07. The van der Waals surface area contributed by atoms with Gasteiger partial charge < -0.3 is 9.94 Å². The van der Waals surface area contributed by atoms with Crippen LogP contribution in [0.4, 0.5) is 5.69 Å². The molecule has 2 aliphatic rings. The first-order chi connectivity index (χ1) is 17.2. The van der Waals surface area contributed by atoms with Gasteiger partial charge in [0.2, 0.25) is 5.88 Å². The summed E-state index contributed by atoms with van der Waals surface area (Å²) < 4.78 is 1.88. The number of nitrogens with zero attached hydrogens (tertiary/aromatic N) is 5. The number of fused-ring (bicyclic) bond motifs is 3. The second-order valence-corrected chi connectivity index (χ2v) is 11.2. The summed E-state index contributed by atoms with van der Waals surface area (Å²) in [5.41, 5.74) is 2.64. The van der Waals surface area contributed by atoms with Crippen molar-refractivity contribution in [3.63, 3.8) is 0 Å². The summed E-state index contributed by atoms with van der Waals surface area (Å²) in [5, 5.41) is 23.6. The minimum Gasteiger partial charge on any atom is -0.493 e. The van der Waals surface area contributed by atoms with Crippen molar-refractivity contribution in [3.05, 3.63) is 60.2 Å². The van der Waals surface area contributed by atoms with Crippen molar-refractivity contribution in [2.24, 2.45) is 26.2 Å². The molecule has 8 heteroatoms. The van der Waals surface area contributed by atoms with Crippen molar-refractivity contribution in [1.82, 2.24) is 9.47 Å². The number of carbonyl (C=O) groups is 1. The minimum atomic E-state index is -0.583. The van der Waals surface area contributed by atoms with Crippen LogP contribution in [0.15, 0.2) is 70.0 Å². The smallest absolute Gasteiger partial charge is 0.304 e. The molecule has 188 valence electrons. The van der Waals surface area contributed by atoms with Crippen LogP contribution in [-0.2, 0) is 16.3 Å². The second-order valence-electron chi connectivity index (χ2n) is 11.2. The molecule has 1 saturated heterocycles. The number of likely N-dealkylation sites (tertiary alicyclic amines) is 1. The Morgan fingerprint density at radius 3 is 2.67 bits per heavy atom. The van der Waals surface area contributed by atoms with Gasteiger partial charge in [-0.15, -0.1) is 10.2 Å². The fourth-order valence-corrected chi connectivity index (χ4v) is 6.30. The largest absolute Gasteiger partial charge is 0.493 e. The SMILES string of the molecule is CC1(C)C[C@@H]2C[C@](C)(CN2Cn2c(O)c(N=NC(=O)CO/N=C\c3ccccc3)c3ccccc32)C1. The number of amides is 1. The van der Waals surface area contributed by atoms with Gasteiger partial charge in [0.15, 0.2) is 12.3 Å². The quantitative estimate of drug-likeness (QED) is 0.256. The Kier molecular flexibility index (Phi) is 6.38. The van der Waals surface area contributed by atoms with Gasteiger partial charge in [-0.1, -0.05) is 74.5 Å². The molecule has 2 bridgehead atoms. The Hall–Kier alpha value is -3.52. The van der Waals surface area contributed by atoms with Crippen LogP contribution in [0.3, 0.4) is 0 Å². The molecule has 2 atom stereocenters. The van der Waals surface area contributed by atoms with Crippen LogP contribution in [-0.4, -0.2) is 45.9 Å². The van der Waals surface area contributed by atoms with E-state index in [1.807, 2.05) is 59.2 Å². The lowest BCUT2D eigenvalue weighted by atomic mass is 9.65. The van der Waals surface area contributed by atoms with Gasteiger partial charge in [0.05, 0.1) is 18.4 Å². The van der Waals surface area contributed by atoms with Crippen LogP contribution >= 0.6 is 0 Å². The molecule has 1 aromatic heterocycles. The van der Waals surface area contributed by atoms with E-state index in [9.17, 15) is 9.90 Å². The minimum absolute atomic E-state index is 0.0154. The number of hydrogen-bond acceptors (Lipinski definition) is 6. The van der Waals surface area contributed by atoms with E-state index in [1.54, 1.807) is 0 Å². The number of oxime groups is 1. The molecule has 1 saturated carbocycles. The predicted molar refractivity (Wildman–Crippen MR) is 139 cm³/mol. The first kappa shape index (κ1) is 24.2. The molecule has 3 aromatic rings. The fraction of sp³-hybridized carbons (Fsp3) is 0.429. The summed E-state index contributed by atoms with van der Waals surface area (Å²) >= 11 is 0. The molecule has 1 aliphatic carbocycles. The number of aromatic hydroxyl groups is 1. The summed E-state index contributed by atoms with van der Waals surface area (Å²) in [7, 11) is 0. The fourth-order valence-electron chi connectivity index (χ4n) is 6.30. The standard InChI is InChI=1S/C28H33N5O3/c1-27(2)13-21-14-28(3,17-27)18-32(21)19-33-23-12-8-7-11-22(23)25(26(33)35)31-30-24(34)16-36-29-15-20-9-5-4-6-10-20/h4-12,15,21,35H,13-14,16-19H2,1-3H3/b29-15-,31-30?/t21-,28+/m1/s1. The topological polar surface area (TPSA) is 91.8 Å². The molecule has 8 nitrogen and oxygen atoms in total. The van der Waals surface area contributed by atoms with Gasteiger partial charge in [0.1, 0.15) is 0 Å². The van der Waals surface area contributed by atoms with Gasteiger partial charge in [-0.2, -0.15) is 0 Å². The van der Waals surface area contributed by atoms with Crippen LogP contribution in [0, 0.1) is 10.8 Å². The summed E-state index contributed by atoms with van der Waals surface area (Å²) in [6.45, 7) is 8.33. The number of para-hydroxylation sites is 1. The van der Waals surface area contributed by atoms with Crippen molar-refractivity contribution in [3.8, 4) is 5.88 Å². The molecule has 36 heavy (non-hydrogen) atoms. The third kappa shape index (κ3) is 5.04. The van der Waals surface area contributed by atoms with E-state index in [1.165, 1.54) is 19.1 Å². The Morgan fingerprint density at radius 2 is 1.86 bits per heavy atom. The Bertz CT molecular complexity index is 1310. The van der Waals surface area contributed by atoms with Gasteiger partial charge in [0.25, 0.3) is 0 Å². The number of carbonyl (C=O) groups excluding carboxylic acids is 1. The zero-order chi connectivity index (χ0) is 25.3. The van der Waals surface area contributed by atoms with Crippen LogP contribution in [0.1, 0.15) is 45.6 Å². The van der Waals surface area contributed by atoms with Crippen LogP contribution in [0.25, 0.3) is 10.9 Å². The number of rotatable bonds is 7. The van der Waals surface area contributed by atoms with Crippen molar-refractivity contribution in [2.45, 2.75) is 52.7 Å². The molecule has 2 heterocycles. The van der Waals surface area contributed by atoms with E-state index < -0.39 is 5.91 Å². The first-order valence-electron chi connectivity index (χ1n) is 12.4. The monoisotopic (exact) mass is 487 g/mol. The van der Waals surface area contributed by atoms with Crippen molar-refractivity contribution < 1.29 is 14.7 Å². The highest BCUT2D eigenvalue weighted by molar-refractivity contribution is 5.95. The third-order valence-corrected chi connectivity index (χ3v) is 7.29. The third-order valence-electron chi connectivity index (χ3n) is 7.29. The second kappa shape index (κ2) is 9.50. The van der Waals surface area contributed by atoms with Crippen molar-refractivity contribution >= 4 is 28.7 Å². The van der Waals surface area contributed by atoms with E-state index in [0.717, 1.165) is 29.4 Å². The average molecular weight is 488 g/mol. The van der Waals surface area contributed by atoms with E-state index in [4.69, 9.17) is 4.84 Å². The Morgan fingerprint density at radius 1 is 1.11 bits per heavy atom. The van der Waals surface area contributed by atoms with Crippen molar-refractivity contribution in [2.75, 3.05) is 13.2 Å². The lowest BCUT2D eigenvalue weighted by Gasteiger charge is -2.40. The van der Waals surface area contributed by atoms with Gasteiger partial charge in [-0.05, 0) is 41.7 Å². The molecule has 5 rings (SSSR count). The summed E-state index contributed by atoms with van der Waals surface area (Å²) in [4.78, 5) is 19.8. The highest BCUT2D eigenvalue weighted by Crippen LogP contribution is 2.53. The maximum atomic E-state index is 12.2. The molecular formula is C28H33N5O3. The van der Waals surface area contributed by atoms with Gasteiger partial charge in [0, 0.05) is 18.0 Å². The summed E-state index contributed by atoms with van der Waals surface area (Å²) in [6, 6.07) is 17.6. The van der Waals surface area contributed by atoms with Crippen LogP contribution in [0.2, 0.25) is 0 Å². The van der Waals surface area contributed by atoms with E-state index in [0.29, 0.717) is 29.2 Å². The Balaban J connectivity index is 1.31. The van der Waals surface area contributed by atoms with Gasteiger partial charge >= 0.3 is 5.91 Å². The molecule has 1 aliphatic heterocycles. The molecule has 1 amide bonds. The number of hydrogen-bond donors (Lipinski definition) is 1. The zero-order valence-corrected chi connectivity index (χ0v) is 21.1. The zero-order valence-electron chi connectivity index (χ0n) is 21.1. The first-order valence-corrected chi connectivity index (χ1v) is 12.4. The number of aromatic nitrogens is 1. The van der Waals surface area contributed by atoms with Crippen LogP contribution in [0.5, 0.6) is 5.88 Å². The van der Waals surface area contributed by atoms with E-state index in [-0.39, 0.29) is 12.5 Å². The van der Waals surface area contributed by atoms with Gasteiger partial charge in [-0.25, -0.2) is 0 Å². The lowest BCUT2D eigenvalue weighted by Crippen LogP contribution is -2.35.